The molecule has 2 aromatic rings. The van der Waals surface area contributed by atoms with Crippen LogP contribution >= 0.6 is 0 Å². The van der Waals surface area contributed by atoms with Crippen molar-refractivity contribution >= 4 is 12.1 Å². The second kappa shape index (κ2) is 9.44. The van der Waals surface area contributed by atoms with E-state index in [9.17, 15) is 14.7 Å². The topological polar surface area (TPSA) is 76.1 Å². The lowest BCUT2D eigenvalue weighted by atomic mass is 10.1. The van der Waals surface area contributed by atoms with Gasteiger partial charge in [-0.05, 0) is 36.8 Å². The summed E-state index contributed by atoms with van der Waals surface area (Å²) < 4.78 is 9.66. The third-order valence-corrected chi connectivity index (χ3v) is 3.44. The van der Waals surface area contributed by atoms with Crippen LogP contribution in [0.15, 0.2) is 54.6 Å². The van der Waals surface area contributed by atoms with Gasteiger partial charge in [-0.15, -0.1) is 0 Å². The molecule has 1 N–H and O–H groups in total. The molecule has 0 heterocycles. The van der Waals surface area contributed by atoms with Gasteiger partial charge in [-0.25, -0.2) is 4.79 Å². The van der Waals surface area contributed by atoms with Crippen molar-refractivity contribution in [3.05, 3.63) is 65.7 Å². The summed E-state index contributed by atoms with van der Waals surface area (Å²) in [5, 5.41) is 9.24. The first-order chi connectivity index (χ1) is 12.1. The summed E-state index contributed by atoms with van der Waals surface area (Å²) in [5.41, 5.74) is 1.42. The van der Waals surface area contributed by atoms with Crippen LogP contribution in [-0.2, 0) is 11.3 Å². The van der Waals surface area contributed by atoms with Gasteiger partial charge in [0.15, 0.2) is 0 Å². The lowest BCUT2D eigenvalue weighted by Crippen LogP contribution is -2.33. The highest BCUT2D eigenvalue weighted by Crippen LogP contribution is 2.16. The number of aliphatic hydroxyl groups excluding tert-OH is 1. The minimum atomic E-state index is -0.785. The first-order valence-electron chi connectivity index (χ1n) is 8.02. The third kappa shape index (κ3) is 5.61. The van der Waals surface area contributed by atoms with Crippen molar-refractivity contribution in [2.24, 2.45) is 0 Å². The smallest absolute Gasteiger partial charge is 0.434 e. The van der Waals surface area contributed by atoms with Crippen LogP contribution < -0.4 is 4.74 Å². The maximum atomic E-state index is 12.7. The third-order valence-electron chi connectivity index (χ3n) is 3.44. The maximum absolute atomic E-state index is 12.7. The van der Waals surface area contributed by atoms with Gasteiger partial charge in [0.2, 0.25) is 0 Å². The highest BCUT2D eigenvalue weighted by molar-refractivity contribution is 5.94. The number of rotatable bonds is 7. The molecule has 2 aromatic carbocycles. The number of ether oxygens (including phenoxy) is 2. The molecule has 0 aromatic heterocycles. The molecule has 6 nitrogen and oxygen atoms in total. The Hall–Kier alpha value is -2.86. The van der Waals surface area contributed by atoms with E-state index in [2.05, 4.69) is 0 Å². The van der Waals surface area contributed by atoms with Crippen LogP contribution in [0.3, 0.4) is 0 Å². The van der Waals surface area contributed by atoms with Crippen LogP contribution in [0, 0.1) is 0 Å². The Labute approximate surface area is 146 Å². The Bertz CT molecular complexity index is 685. The fourth-order valence-electron chi connectivity index (χ4n) is 2.27. The number of amides is 1. The molecule has 0 radical (unpaired) electrons. The maximum Gasteiger partial charge on any atom is 0.513 e. The van der Waals surface area contributed by atoms with Crippen molar-refractivity contribution in [3.63, 3.8) is 0 Å². The molecular formula is C19H21NO5. The molecule has 0 fully saturated rings. The number of aliphatic hydroxyl groups is 1. The predicted molar refractivity (Wildman–Crippen MR) is 92.4 cm³/mol. The second-order valence-electron chi connectivity index (χ2n) is 5.25. The van der Waals surface area contributed by atoms with Gasteiger partial charge in [0, 0.05) is 18.7 Å². The SMILES string of the molecule is CCOC(=O)Oc1ccc(C(=O)N(CCO)Cc2ccccc2)cc1. The summed E-state index contributed by atoms with van der Waals surface area (Å²) in [4.78, 5) is 25.5. The van der Waals surface area contributed by atoms with E-state index < -0.39 is 6.16 Å². The van der Waals surface area contributed by atoms with Gasteiger partial charge < -0.3 is 19.5 Å². The fourth-order valence-corrected chi connectivity index (χ4v) is 2.27. The average molecular weight is 343 g/mol. The van der Waals surface area contributed by atoms with Crippen LogP contribution in [0.25, 0.3) is 0 Å². The zero-order valence-electron chi connectivity index (χ0n) is 14.1. The first-order valence-corrected chi connectivity index (χ1v) is 8.02. The van der Waals surface area contributed by atoms with E-state index in [4.69, 9.17) is 9.47 Å². The Balaban J connectivity index is 2.06. The summed E-state index contributed by atoms with van der Waals surface area (Å²) >= 11 is 0. The molecule has 0 aliphatic heterocycles. The van der Waals surface area contributed by atoms with Crippen molar-refractivity contribution < 1.29 is 24.2 Å². The number of hydrogen-bond donors (Lipinski definition) is 1. The van der Waals surface area contributed by atoms with Gasteiger partial charge in [-0.2, -0.15) is 0 Å². The molecular weight excluding hydrogens is 322 g/mol. The second-order valence-corrected chi connectivity index (χ2v) is 5.25. The summed E-state index contributed by atoms with van der Waals surface area (Å²) in [6, 6.07) is 15.8. The average Bonchev–Trinajstić information content (AvgIpc) is 2.62. The number of carbonyl (C=O) groups is 2. The van der Waals surface area contributed by atoms with Crippen LogP contribution in [0.1, 0.15) is 22.8 Å². The van der Waals surface area contributed by atoms with Crippen molar-refractivity contribution in [1.29, 1.82) is 0 Å². The molecule has 0 unspecified atom stereocenters. The van der Waals surface area contributed by atoms with Crippen LogP contribution in [-0.4, -0.2) is 41.8 Å². The molecule has 0 aliphatic carbocycles. The Morgan fingerprint density at radius 3 is 2.32 bits per heavy atom. The Morgan fingerprint density at radius 1 is 1.04 bits per heavy atom. The van der Waals surface area contributed by atoms with E-state index in [0.717, 1.165) is 5.56 Å². The molecule has 2 rings (SSSR count). The standard InChI is InChI=1S/C19H21NO5/c1-2-24-19(23)25-17-10-8-16(9-11-17)18(22)20(12-13-21)14-15-6-4-3-5-7-15/h3-11,21H,2,12-14H2,1H3. The lowest BCUT2D eigenvalue weighted by Gasteiger charge is -2.22. The highest BCUT2D eigenvalue weighted by Gasteiger charge is 2.16. The number of carbonyl (C=O) groups excluding carboxylic acids is 2. The van der Waals surface area contributed by atoms with Gasteiger partial charge in [-0.3, -0.25) is 4.79 Å². The molecule has 0 saturated heterocycles. The summed E-state index contributed by atoms with van der Waals surface area (Å²) in [6.45, 7) is 2.43. The van der Waals surface area contributed by atoms with Crippen LogP contribution in [0.5, 0.6) is 5.75 Å². The molecule has 0 aliphatic rings. The van der Waals surface area contributed by atoms with E-state index in [-0.39, 0.29) is 25.7 Å². The number of benzene rings is 2. The zero-order chi connectivity index (χ0) is 18.1. The van der Waals surface area contributed by atoms with Crippen LogP contribution in [0.4, 0.5) is 4.79 Å². The molecule has 0 saturated carbocycles. The monoisotopic (exact) mass is 343 g/mol. The van der Waals surface area contributed by atoms with Gasteiger partial charge in [-0.1, -0.05) is 30.3 Å². The van der Waals surface area contributed by atoms with E-state index in [0.29, 0.717) is 17.9 Å². The molecule has 6 heteroatoms. The molecule has 25 heavy (non-hydrogen) atoms. The van der Waals surface area contributed by atoms with Crippen LogP contribution in [0.2, 0.25) is 0 Å². The Kier molecular flexibility index (Phi) is 6.98. The normalized spacial score (nSPS) is 10.2. The first kappa shape index (κ1) is 18.5. The summed E-state index contributed by atoms with van der Waals surface area (Å²) in [5.74, 6) is 0.0901. The van der Waals surface area contributed by atoms with Gasteiger partial charge in [0.25, 0.3) is 5.91 Å². The molecule has 0 spiro atoms. The largest absolute Gasteiger partial charge is 0.513 e. The quantitative estimate of drug-likeness (QED) is 0.618. The van der Waals surface area contributed by atoms with E-state index >= 15 is 0 Å². The van der Waals surface area contributed by atoms with E-state index in [1.807, 2.05) is 30.3 Å². The molecule has 1 amide bonds. The van der Waals surface area contributed by atoms with Gasteiger partial charge in [0.05, 0.1) is 13.2 Å². The Morgan fingerprint density at radius 2 is 1.72 bits per heavy atom. The zero-order valence-corrected chi connectivity index (χ0v) is 14.1. The minimum Gasteiger partial charge on any atom is -0.434 e. The molecule has 132 valence electrons. The number of nitrogens with zero attached hydrogens (tertiary/aromatic N) is 1. The highest BCUT2D eigenvalue weighted by atomic mass is 16.7. The van der Waals surface area contributed by atoms with Crippen molar-refractivity contribution in [2.75, 3.05) is 19.8 Å². The fraction of sp³-hybridized carbons (Fsp3) is 0.263. The summed E-state index contributed by atoms with van der Waals surface area (Å²) in [7, 11) is 0. The van der Waals surface area contributed by atoms with Gasteiger partial charge in [0.1, 0.15) is 5.75 Å². The van der Waals surface area contributed by atoms with E-state index in [1.165, 1.54) is 12.1 Å². The molecule has 0 bridgehead atoms. The minimum absolute atomic E-state index is 0.122. The molecule has 0 atom stereocenters. The van der Waals surface area contributed by atoms with Crippen molar-refractivity contribution in [1.82, 2.24) is 4.90 Å². The van der Waals surface area contributed by atoms with Crippen molar-refractivity contribution in [2.45, 2.75) is 13.5 Å². The predicted octanol–water partition coefficient (Wildman–Crippen LogP) is 2.86. The number of hydrogen-bond acceptors (Lipinski definition) is 5. The van der Waals surface area contributed by atoms with Crippen molar-refractivity contribution in [3.8, 4) is 5.75 Å². The lowest BCUT2D eigenvalue weighted by molar-refractivity contribution is 0.0708. The summed E-state index contributed by atoms with van der Waals surface area (Å²) in [6.07, 6.45) is -0.785. The van der Waals surface area contributed by atoms with Gasteiger partial charge >= 0.3 is 6.16 Å². The van der Waals surface area contributed by atoms with E-state index in [1.54, 1.807) is 24.0 Å².